The Morgan fingerprint density at radius 1 is 1.00 bits per heavy atom. The Hall–Kier alpha value is -0.273. The SMILES string of the molecule is CCCN.CCO[Si](CCCN=C(C)CC(C)C)(OCC)OCC. The van der Waals surface area contributed by atoms with Crippen LogP contribution >= 0.6 is 0 Å². The number of nitrogens with zero attached hydrogens (tertiary/aromatic N) is 1. The largest absolute Gasteiger partial charge is 0.500 e. The summed E-state index contributed by atoms with van der Waals surface area (Å²) in [4.78, 5) is 4.62. The van der Waals surface area contributed by atoms with Crippen molar-refractivity contribution in [2.45, 2.75) is 73.8 Å². The first-order valence-corrected chi connectivity index (χ1v) is 11.5. The van der Waals surface area contributed by atoms with Gasteiger partial charge in [-0.05, 0) is 59.4 Å². The van der Waals surface area contributed by atoms with Crippen molar-refractivity contribution < 1.29 is 13.3 Å². The number of aliphatic imine (C=N–C) groups is 1. The average Bonchev–Trinajstić information content (AvgIpc) is 2.52. The van der Waals surface area contributed by atoms with Crippen LogP contribution in [-0.4, -0.2) is 47.4 Å². The Labute approximate surface area is 151 Å². The van der Waals surface area contributed by atoms with Gasteiger partial charge >= 0.3 is 8.80 Å². The third-order valence-electron chi connectivity index (χ3n) is 3.11. The van der Waals surface area contributed by atoms with Gasteiger partial charge in [0.25, 0.3) is 0 Å². The number of hydrogen-bond donors (Lipinski definition) is 1. The molecule has 0 atom stereocenters. The molecular formula is C18H42N2O3Si. The summed E-state index contributed by atoms with van der Waals surface area (Å²) >= 11 is 0. The van der Waals surface area contributed by atoms with Crippen molar-refractivity contribution >= 4 is 14.5 Å². The summed E-state index contributed by atoms with van der Waals surface area (Å²) < 4.78 is 17.5. The molecule has 0 rings (SSSR count). The van der Waals surface area contributed by atoms with Crippen LogP contribution in [0.2, 0.25) is 6.04 Å². The van der Waals surface area contributed by atoms with E-state index in [1.54, 1.807) is 0 Å². The normalized spacial score (nSPS) is 12.3. The van der Waals surface area contributed by atoms with Gasteiger partial charge in [0.05, 0.1) is 0 Å². The molecule has 0 aromatic carbocycles. The molecule has 0 radical (unpaired) electrons. The molecule has 0 aliphatic rings. The minimum atomic E-state index is -2.47. The van der Waals surface area contributed by atoms with Crippen LogP contribution in [0.5, 0.6) is 0 Å². The molecule has 0 saturated heterocycles. The molecule has 146 valence electrons. The van der Waals surface area contributed by atoms with Gasteiger partial charge < -0.3 is 19.0 Å². The standard InChI is InChI=1S/C15H33NO3Si.C3H9N/c1-7-17-20(18-8-2,19-9-3)12-10-11-16-15(6)13-14(4)5;1-2-3-4/h14H,7-13H2,1-6H3;2-4H2,1H3. The smallest absolute Gasteiger partial charge is 0.374 e. The molecule has 0 unspecified atom stereocenters. The van der Waals surface area contributed by atoms with Gasteiger partial charge in [0.2, 0.25) is 0 Å². The Balaban J connectivity index is 0. The first-order chi connectivity index (χ1) is 11.4. The highest BCUT2D eigenvalue weighted by Crippen LogP contribution is 2.18. The van der Waals surface area contributed by atoms with Gasteiger partial charge in [0, 0.05) is 38.1 Å². The van der Waals surface area contributed by atoms with E-state index in [0.29, 0.717) is 25.7 Å². The van der Waals surface area contributed by atoms with Crippen LogP contribution in [0.25, 0.3) is 0 Å². The van der Waals surface area contributed by atoms with Crippen LogP contribution in [0.3, 0.4) is 0 Å². The first-order valence-electron chi connectivity index (χ1n) is 9.52. The lowest BCUT2D eigenvalue weighted by molar-refractivity contribution is 0.0710. The Morgan fingerprint density at radius 3 is 1.79 bits per heavy atom. The van der Waals surface area contributed by atoms with Gasteiger partial charge in [0.15, 0.2) is 0 Å². The predicted molar refractivity (Wildman–Crippen MR) is 107 cm³/mol. The van der Waals surface area contributed by atoms with E-state index in [-0.39, 0.29) is 0 Å². The minimum absolute atomic E-state index is 0.641. The van der Waals surface area contributed by atoms with Crippen LogP contribution < -0.4 is 5.73 Å². The Kier molecular flexibility index (Phi) is 19.0. The molecule has 0 spiro atoms. The molecule has 24 heavy (non-hydrogen) atoms. The molecule has 0 bridgehead atoms. The highest BCUT2D eigenvalue weighted by molar-refractivity contribution is 6.60. The third-order valence-corrected chi connectivity index (χ3v) is 6.26. The fourth-order valence-corrected chi connectivity index (χ4v) is 4.82. The predicted octanol–water partition coefficient (Wildman–Crippen LogP) is 4.29. The van der Waals surface area contributed by atoms with E-state index in [1.807, 2.05) is 20.8 Å². The fourth-order valence-electron chi connectivity index (χ4n) is 2.22. The minimum Gasteiger partial charge on any atom is -0.374 e. The quantitative estimate of drug-likeness (QED) is 0.301. The van der Waals surface area contributed by atoms with Gasteiger partial charge in [-0.2, -0.15) is 0 Å². The molecule has 0 heterocycles. The monoisotopic (exact) mass is 362 g/mol. The van der Waals surface area contributed by atoms with E-state index in [2.05, 4.69) is 32.7 Å². The molecule has 2 N–H and O–H groups in total. The zero-order valence-corrected chi connectivity index (χ0v) is 18.2. The molecule has 0 aromatic heterocycles. The second-order valence-electron chi connectivity index (χ2n) is 6.09. The highest BCUT2D eigenvalue weighted by Gasteiger charge is 2.39. The maximum absolute atomic E-state index is 5.83. The molecule has 0 aliphatic heterocycles. The number of nitrogens with two attached hydrogens (primary N) is 1. The van der Waals surface area contributed by atoms with Crippen molar-refractivity contribution in [1.82, 2.24) is 0 Å². The highest BCUT2D eigenvalue weighted by atomic mass is 28.4. The second-order valence-corrected chi connectivity index (χ2v) is 8.82. The van der Waals surface area contributed by atoms with Gasteiger partial charge in [-0.3, -0.25) is 4.99 Å². The van der Waals surface area contributed by atoms with Gasteiger partial charge in [-0.1, -0.05) is 20.8 Å². The van der Waals surface area contributed by atoms with Crippen molar-refractivity contribution in [2.24, 2.45) is 16.6 Å². The first kappa shape index (κ1) is 26.0. The maximum Gasteiger partial charge on any atom is 0.500 e. The third kappa shape index (κ3) is 15.3. The average molecular weight is 363 g/mol. The summed E-state index contributed by atoms with van der Waals surface area (Å²) in [6.45, 7) is 18.1. The van der Waals surface area contributed by atoms with Crippen molar-refractivity contribution in [1.29, 1.82) is 0 Å². The van der Waals surface area contributed by atoms with Crippen LogP contribution in [0.1, 0.15) is 67.7 Å². The molecule has 0 aliphatic carbocycles. The van der Waals surface area contributed by atoms with Crippen LogP contribution in [0, 0.1) is 5.92 Å². The van der Waals surface area contributed by atoms with Gasteiger partial charge in [-0.15, -0.1) is 0 Å². The zero-order chi connectivity index (χ0) is 18.8. The van der Waals surface area contributed by atoms with Crippen LogP contribution in [0.4, 0.5) is 0 Å². The fraction of sp³-hybridized carbons (Fsp3) is 0.944. The summed E-state index contributed by atoms with van der Waals surface area (Å²) in [5.74, 6) is 0.669. The van der Waals surface area contributed by atoms with Crippen molar-refractivity contribution in [3.05, 3.63) is 0 Å². The number of rotatable bonds is 13. The summed E-state index contributed by atoms with van der Waals surface area (Å²) in [5.41, 5.74) is 6.26. The maximum atomic E-state index is 5.83. The molecule has 6 heteroatoms. The van der Waals surface area contributed by atoms with E-state index in [9.17, 15) is 0 Å². The van der Waals surface area contributed by atoms with Crippen LogP contribution in [-0.2, 0) is 13.3 Å². The Morgan fingerprint density at radius 2 is 1.46 bits per heavy atom. The summed E-state index contributed by atoms with van der Waals surface area (Å²) in [7, 11) is -2.47. The van der Waals surface area contributed by atoms with Crippen molar-refractivity contribution in [3.8, 4) is 0 Å². The molecule has 0 fully saturated rings. The lowest BCUT2D eigenvalue weighted by atomic mass is 10.1. The molecule has 0 aromatic rings. The Bertz CT molecular complexity index is 281. The molecule has 0 amide bonds. The topological polar surface area (TPSA) is 66.1 Å². The number of hydrogen-bond acceptors (Lipinski definition) is 5. The van der Waals surface area contributed by atoms with E-state index in [1.165, 1.54) is 5.71 Å². The zero-order valence-electron chi connectivity index (χ0n) is 17.2. The van der Waals surface area contributed by atoms with Gasteiger partial charge in [0.1, 0.15) is 0 Å². The van der Waals surface area contributed by atoms with E-state index < -0.39 is 8.80 Å². The summed E-state index contributed by atoms with van der Waals surface area (Å²) in [6, 6.07) is 0.848. The van der Waals surface area contributed by atoms with E-state index in [4.69, 9.17) is 19.0 Å². The lowest BCUT2D eigenvalue weighted by Gasteiger charge is -2.28. The second kappa shape index (κ2) is 17.5. The molecule has 0 saturated carbocycles. The lowest BCUT2D eigenvalue weighted by Crippen LogP contribution is -2.46. The van der Waals surface area contributed by atoms with Crippen molar-refractivity contribution in [3.63, 3.8) is 0 Å². The summed E-state index contributed by atoms with van der Waals surface area (Å²) in [5, 5.41) is 0. The van der Waals surface area contributed by atoms with Gasteiger partial charge in [-0.25, -0.2) is 0 Å². The van der Waals surface area contributed by atoms with Crippen LogP contribution in [0.15, 0.2) is 4.99 Å². The van der Waals surface area contributed by atoms with E-state index >= 15 is 0 Å². The molecular weight excluding hydrogens is 320 g/mol. The van der Waals surface area contributed by atoms with Crippen molar-refractivity contribution in [2.75, 3.05) is 32.9 Å². The molecule has 5 nitrogen and oxygen atoms in total. The summed E-state index contributed by atoms with van der Waals surface area (Å²) in [6.07, 6.45) is 3.13. The van der Waals surface area contributed by atoms with E-state index in [0.717, 1.165) is 38.4 Å².